The molecule has 25 heavy (non-hydrogen) atoms. The van der Waals surface area contributed by atoms with Gasteiger partial charge in [0.15, 0.2) is 0 Å². The first-order valence-electron chi connectivity index (χ1n) is 9.94. The predicted molar refractivity (Wildman–Crippen MR) is 99.4 cm³/mol. The topological polar surface area (TPSA) is 53.4 Å². The number of carbonyl (C=O) groups excluding carboxylic acids is 1. The molecule has 0 aromatic carbocycles. The van der Waals surface area contributed by atoms with E-state index in [1.54, 1.807) is 12.5 Å². The van der Waals surface area contributed by atoms with Crippen LogP contribution in [0, 0.1) is 5.92 Å². The molecule has 3 heterocycles. The molecule has 3 rings (SSSR count). The number of aromatic nitrogens is 2. The fraction of sp³-hybridized carbons (Fsp3) is 0.789. The number of hydrogen-bond donors (Lipinski definition) is 1. The summed E-state index contributed by atoms with van der Waals surface area (Å²) in [4.78, 5) is 21.3. The molecule has 2 aliphatic heterocycles. The fourth-order valence-corrected chi connectivity index (χ4v) is 4.14. The zero-order valence-electron chi connectivity index (χ0n) is 15.6. The van der Waals surface area contributed by atoms with Crippen molar-refractivity contribution < 1.29 is 4.79 Å². The van der Waals surface area contributed by atoms with E-state index < -0.39 is 0 Å². The lowest BCUT2D eigenvalue weighted by molar-refractivity contribution is 0.138. The van der Waals surface area contributed by atoms with Gasteiger partial charge in [-0.15, -0.1) is 0 Å². The Morgan fingerprint density at radius 1 is 1.20 bits per heavy atom. The second kappa shape index (κ2) is 9.22. The Kier molecular flexibility index (Phi) is 6.73. The Balaban J connectivity index is 1.44. The first-order chi connectivity index (χ1) is 12.2. The largest absolute Gasteiger partial charge is 0.335 e. The van der Waals surface area contributed by atoms with Crippen LogP contribution < -0.4 is 5.32 Å². The van der Waals surface area contributed by atoms with Crippen molar-refractivity contribution in [2.24, 2.45) is 5.92 Å². The molecule has 1 aromatic heterocycles. The van der Waals surface area contributed by atoms with E-state index in [4.69, 9.17) is 0 Å². The molecule has 140 valence electrons. The maximum absolute atomic E-state index is 12.6. The van der Waals surface area contributed by atoms with Gasteiger partial charge in [-0.2, -0.15) is 0 Å². The van der Waals surface area contributed by atoms with Gasteiger partial charge in [0.1, 0.15) is 0 Å². The highest BCUT2D eigenvalue weighted by atomic mass is 16.2. The maximum atomic E-state index is 12.6. The smallest absolute Gasteiger partial charge is 0.317 e. The molecule has 0 saturated carbocycles. The highest BCUT2D eigenvalue weighted by Gasteiger charge is 2.26. The molecule has 0 aliphatic carbocycles. The second-order valence-corrected chi connectivity index (χ2v) is 7.78. The number of rotatable bonds is 5. The van der Waals surface area contributed by atoms with Crippen LogP contribution in [0.2, 0.25) is 0 Å². The summed E-state index contributed by atoms with van der Waals surface area (Å²) in [6.45, 7) is 8.25. The maximum Gasteiger partial charge on any atom is 0.317 e. The van der Waals surface area contributed by atoms with Crippen LogP contribution in [-0.4, -0.2) is 64.1 Å². The van der Waals surface area contributed by atoms with Gasteiger partial charge in [0.25, 0.3) is 0 Å². The Hall–Kier alpha value is -1.56. The first-order valence-corrected chi connectivity index (χ1v) is 9.94. The summed E-state index contributed by atoms with van der Waals surface area (Å²) in [5, 5.41) is 3.15. The molecule has 6 heteroatoms. The molecule has 6 nitrogen and oxygen atoms in total. The van der Waals surface area contributed by atoms with Gasteiger partial charge in [-0.25, -0.2) is 9.78 Å². The third kappa shape index (κ3) is 5.73. The van der Waals surface area contributed by atoms with Gasteiger partial charge >= 0.3 is 6.03 Å². The van der Waals surface area contributed by atoms with Crippen molar-refractivity contribution >= 4 is 6.03 Å². The molecule has 1 aromatic rings. The van der Waals surface area contributed by atoms with Gasteiger partial charge in [-0.1, -0.05) is 12.8 Å². The Bertz CT molecular complexity index is 510. The summed E-state index contributed by atoms with van der Waals surface area (Å²) in [6.07, 6.45) is 13.3. The predicted octanol–water partition coefficient (Wildman–Crippen LogP) is 2.57. The van der Waals surface area contributed by atoms with Crippen LogP contribution in [0.4, 0.5) is 4.79 Å². The van der Waals surface area contributed by atoms with Gasteiger partial charge in [0, 0.05) is 44.6 Å². The van der Waals surface area contributed by atoms with E-state index in [1.807, 2.05) is 15.7 Å². The summed E-state index contributed by atoms with van der Waals surface area (Å²) in [6, 6.07) is 0.195. The lowest BCUT2D eigenvalue weighted by Crippen LogP contribution is -2.50. The van der Waals surface area contributed by atoms with Crippen LogP contribution in [0.3, 0.4) is 0 Å². The van der Waals surface area contributed by atoms with Crippen molar-refractivity contribution in [1.82, 2.24) is 24.7 Å². The van der Waals surface area contributed by atoms with Crippen LogP contribution in [0.5, 0.6) is 0 Å². The summed E-state index contributed by atoms with van der Waals surface area (Å²) < 4.78 is 2.00. The number of piperidine rings is 1. The standard InChI is InChI=1S/C19H33N5O/c1-17(13-23-12-8-20-16-23)21-19(25)24-11-6-7-18(15-24)14-22-9-4-2-3-5-10-22/h8,12,16-18H,2-7,9-11,13-15H2,1H3,(H,21,25)/t17-,18+/m0/s1. The summed E-state index contributed by atoms with van der Waals surface area (Å²) in [7, 11) is 0. The zero-order valence-corrected chi connectivity index (χ0v) is 15.6. The zero-order chi connectivity index (χ0) is 17.5. The molecular formula is C19H33N5O. The summed E-state index contributed by atoms with van der Waals surface area (Å²) in [5.74, 6) is 0.626. The molecule has 2 aliphatic rings. The van der Waals surface area contributed by atoms with Crippen molar-refractivity contribution in [2.75, 3.05) is 32.7 Å². The second-order valence-electron chi connectivity index (χ2n) is 7.78. The van der Waals surface area contributed by atoms with Gasteiger partial charge < -0.3 is 19.7 Å². The molecule has 2 atom stereocenters. The van der Waals surface area contributed by atoms with Crippen LogP contribution in [0.25, 0.3) is 0 Å². The monoisotopic (exact) mass is 347 g/mol. The van der Waals surface area contributed by atoms with Gasteiger partial charge in [-0.3, -0.25) is 0 Å². The molecular weight excluding hydrogens is 314 g/mol. The Labute approximate surface area is 151 Å². The van der Waals surface area contributed by atoms with Gasteiger partial charge in [0.2, 0.25) is 0 Å². The van der Waals surface area contributed by atoms with E-state index in [0.29, 0.717) is 5.92 Å². The van der Waals surface area contributed by atoms with E-state index in [1.165, 1.54) is 45.2 Å². The number of urea groups is 1. The summed E-state index contributed by atoms with van der Waals surface area (Å²) in [5.41, 5.74) is 0. The van der Waals surface area contributed by atoms with E-state index in [-0.39, 0.29) is 12.1 Å². The minimum Gasteiger partial charge on any atom is -0.335 e. The van der Waals surface area contributed by atoms with Crippen LogP contribution >= 0.6 is 0 Å². The molecule has 0 spiro atoms. The lowest BCUT2D eigenvalue weighted by atomic mass is 9.97. The van der Waals surface area contributed by atoms with Crippen molar-refractivity contribution in [3.05, 3.63) is 18.7 Å². The first kappa shape index (κ1) is 18.2. The Morgan fingerprint density at radius 3 is 2.72 bits per heavy atom. The third-order valence-corrected chi connectivity index (χ3v) is 5.44. The normalized spacial score (nSPS) is 23.9. The van der Waals surface area contributed by atoms with E-state index in [9.17, 15) is 4.79 Å². The highest BCUT2D eigenvalue weighted by Crippen LogP contribution is 2.20. The number of nitrogens with one attached hydrogen (secondary N) is 1. The van der Waals surface area contributed by atoms with Gasteiger partial charge in [0.05, 0.1) is 6.33 Å². The molecule has 0 bridgehead atoms. The highest BCUT2D eigenvalue weighted by molar-refractivity contribution is 5.74. The number of amides is 2. The van der Waals surface area contributed by atoms with Crippen LogP contribution in [0.1, 0.15) is 45.4 Å². The Morgan fingerprint density at radius 2 is 2.00 bits per heavy atom. The van der Waals surface area contributed by atoms with Crippen molar-refractivity contribution in [3.8, 4) is 0 Å². The number of hydrogen-bond acceptors (Lipinski definition) is 3. The number of imidazole rings is 1. The molecule has 0 unspecified atom stereocenters. The molecule has 1 N–H and O–H groups in total. The van der Waals surface area contributed by atoms with Crippen LogP contribution in [-0.2, 0) is 6.54 Å². The average Bonchev–Trinajstić information content (AvgIpc) is 2.97. The quantitative estimate of drug-likeness (QED) is 0.891. The molecule has 2 amide bonds. The summed E-state index contributed by atoms with van der Waals surface area (Å²) >= 11 is 0. The SMILES string of the molecule is C[C@@H](Cn1ccnc1)NC(=O)N1CCC[C@H](CN2CCCCCC2)C1. The fourth-order valence-electron chi connectivity index (χ4n) is 4.14. The minimum absolute atomic E-state index is 0.0909. The van der Waals surface area contributed by atoms with E-state index in [2.05, 4.69) is 22.1 Å². The molecule has 0 radical (unpaired) electrons. The lowest BCUT2D eigenvalue weighted by Gasteiger charge is -2.36. The number of carbonyl (C=O) groups is 1. The number of nitrogens with zero attached hydrogens (tertiary/aromatic N) is 4. The molecule has 2 fully saturated rings. The van der Waals surface area contributed by atoms with Crippen LogP contribution in [0.15, 0.2) is 18.7 Å². The van der Waals surface area contributed by atoms with E-state index in [0.717, 1.165) is 32.6 Å². The van der Waals surface area contributed by atoms with Crippen molar-refractivity contribution in [1.29, 1.82) is 0 Å². The third-order valence-electron chi connectivity index (χ3n) is 5.44. The van der Waals surface area contributed by atoms with E-state index >= 15 is 0 Å². The van der Waals surface area contributed by atoms with Crippen molar-refractivity contribution in [3.63, 3.8) is 0 Å². The average molecular weight is 348 g/mol. The van der Waals surface area contributed by atoms with Crippen molar-refractivity contribution in [2.45, 2.75) is 58.0 Å². The molecule has 2 saturated heterocycles. The number of likely N-dealkylation sites (tertiary alicyclic amines) is 2. The van der Waals surface area contributed by atoms with Gasteiger partial charge in [-0.05, 0) is 51.6 Å². The minimum atomic E-state index is 0.0909.